The van der Waals surface area contributed by atoms with Crippen molar-refractivity contribution in [2.75, 3.05) is 13.1 Å². The molecular formula is C16H34N2. The fourth-order valence-electron chi connectivity index (χ4n) is 3.52. The molecule has 0 amide bonds. The highest BCUT2D eigenvalue weighted by Crippen LogP contribution is 2.33. The van der Waals surface area contributed by atoms with Crippen molar-refractivity contribution in [2.24, 2.45) is 11.7 Å². The van der Waals surface area contributed by atoms with E-state index in [4.69, 9.17) is 5.73 Å². The molecule has 0 spiro atoms. The minimum atomic E-state index is 0.277. The number of rotatable bonds is 5. The Morgan fingerprint density at radius 3 is 1.83 bits per heavy atom. The third kappa shape index (κ3) is 4.24. The van der Waals surface area contributed by atoms with Gasteiger partial charge in [0.2, 0.25) is 0 Å². The largest absolute Gasteiger partial charge is 0.329 e. The lowest BCUT2D eigenvalue weighted by molar-refractivity contribution is 0.0282. The Bertz CT molecular complexity index is 215. The van der Waals surface area contributed by atoms with Crippen LogP contribution in [-0.2, 0) is 0 Å². The molecule has 0 aromatic carbocycles. The van der Waals surface area contributed by atoms with Crippen molar-refractivity contribution in [3.8, 4) is 0 Å². The summed E-state index contributed by atoms with van der Waals surface area (Å²) in [5.41, 5.74) is 6.51. The van der Waals surface area contributed by atoms with Gasteiger partial charge in [0.25, 0.3) is 0 Å². The Kier molecular flexibility index (Phi) is 6.65. The molecule has 2 heteroatoms. The maximum absolute atomic E-state index is 6.23. The van der Waals surface area contributed by atoms with E-state index in [0.717, 1.165) is 12.5 Å². The quantitative estimate of drug-likeness (QED) is 0.808. The van der Waals surface area contributed by atoms with Gasteiger partial charge in [-0.25, -0.2) is 0 Å². The Balaban J connectivity index is 2.84. The number of hydrogen-bond donors (Lipinski definition) is 1. The van der Waals surface area contributed by atoms with E-state index >= 15 is 0 Å². The second-order valence-corrected chi connectivity index (χ2v) is 6.84. The van der Waals surface area contributed by atoms with E-state index in [1.165, 1.54) is 51.5 Å². The van der Waals surface area contributed by atoms with Gasteiger partial charge in [-0.05, 0) is 32.6 Å². The number of hydrogen-bond acceptors (Lipinski definition) is 2. The zero-order chi connectivity index (χ0) is 13.6. The highest BCUT2D eigenvalue weighted by atomic mass is 15.2. The first-order valence-electron chi connectivity index (χ1n) is 7.98. The minimum absolute atomic E-state index is 0.277. The van der Waals surface area contributed by atoms with Gasteiger partial charge >= 0.3 is 0 Å². The zero-order valence-electron chi connectivity index (χ0n) is 13.0. The van der Waals surface area contributed by atoms with E-state index in [9.17, 15) is 0 Å². The monoisotopic (exact) mass is 254 g/mol. The van der Waals surface area contributed by atoms with Crippen molar-refractivity contribution in [3.63, 3.8) is 0 Å². The summed E-state index contributed by atoms with van der Waals surface area (Å²) in [6.07, 6.45) is 9.54. The van der Waals surface area contributed by atoms with Gasteiger partial charge in [-0.3, -0.25) is 4.90 Å². The van der Waals surface area contributed by atoms with Crippen LogP contribution >= 0.6 is 0 Å². The lowest BCUT2D eigenvalue weighted by atomic mass is 9.81. The van der Waals surface area contributed by atoms with E-state index in [1.54, 1.807) is 0 Å². The van der Waals surface area contributed by atoms with Crippen LogP contribution in [-0.4, -0.2) is 29.6 Å². The van der Waals surface area contributed by atoms with Crippen LogP contribution in [0.2, 0.25) is 0 Å². The van der Waals surface area contributed by atoms with Gasteiger partial charge < -0.3 is 5.73 Å². The molecule has 18 heavy (non-hydrogen) atoms. The van der Waals surface area contributed by atoms with Crippen molar-refractivity contribution in [1.82, 2.24) is 4.90 Å². The molecule has 108 valence electrons. The molecule has 0 aromatic heterocycles. The Morgan fingerprint density at radius 1 is 0.944 bits per heavy atom. The zero-order valence-corrected chi connectivity index (χ0v) is 13.0. The maximum Gasteiger partial charge on any atom is 0.0334 e. The maximum atomic E-state index is 6.23. The summed E-state index contributed by atoms with van der Waals surface area (Å²) in [7, 11) is 0. The third-order valence-electron chi connectivity index (χ3n) is 4.46. The molecule has 1 rings (SSSR count). The van der Waals surface area contributed by atoms with Gasteiger partial charge in [0.1, 0.15) is 0 Å². The van der Waals surface area contributed by atoms with Crippen molar-refractivity contribution in [1.29, 1.82) is 0 Å². The third-order valence-corrected chi connectivity index (χ3v) is 4.46. The topological polar surface area (TPSA) is 29.3 Å². The molecule has 0 radical (unpaired) electrons. The molecule has 2 nitrogen and oxygen atoms in total. The van der Waals surface area contributed by atoms with Gasteiger partial charge in [0.05, 0.1) is 0 Å². The smallest absolute Gasteiger partial charge is 0.0334 e. The average molecular weight is 254 g/mol. The summed E-state index contributed by atoms with van der Waals surface area (Å²) in [5.74, 6) is 0.723. The Labute approximate surface area is 114 Å². The first kappa shape index (κ1) is 16.0. The molecule has 1 fully saturated rings. The van der Waals surface area contributed by atoms with E-state index in [2.05, 4.69) is 32.6 Å². The van der Waals surface area contributed by atoms with E-state index in [-0.39, 0.29) is 5.54 Å². The Hall–Kier alpha value is -0.0800. The van der Waals surface area contributed by atoms with Crippen LogP contribution in [0.1, 0.15) is 72.6 Å². The number of nitrogens with zero attached hydrogens (tertiary/aromatic N) is 1. The van der Waals surface area contributed by atoms with Crippen LogP contribution in [0.15, 0.2) is 0 Å². The summed E-state index contributed by atoms with van der Waals surface area (Å²) < 4.78 is 0. The fourth-order valence-corrected chi connectivity index (χ4v) is 3.52. The molecule has 1 aliphatic rings. The van der Waals surface area contributed by atoms with Crippen LogP contribution in [0.5, 0.6) is 0 Å². The van der Waals surface area contributed by atoms with Crippen molar-refractivity contribution >= 4 is 0 Å². The summed E-state index contributed by atoms with van der Waals surface area (Å²) in [6.45, 7) is 11.3. The predicted octanol–water partition coefficient (Wildman–Crippen LogP) is 3.79. The van der Waals surface area contributed by atoms with Crippen molar-refractivity contribution < 1.29 is 0 Å². The van der Waals surface area contributed by atoms with E-state index in [0.29, 0.717) is 6.04 Å². The molecule has 0 atom stereocenters. The SMILES string of the molecule is CC(C)CN(C(C)C)C1(CN)CCCCCCC1. The fraction of sp³-hybridized carbons (Fsp3) is 1.00. The minimum Gasteiger partial charge on any atom is -0.329 e. The standard InChI is InChI=1S/C16H34N2/c1-14(2)12-18(15(3)4)16(13-17)10-8-6-5-7-9-11-16/h14-15H,5-13,17H2,1-4H3. The number of nitrogens with two attached hydrogens (primary N) is 1. The molecule has 2 N–H and O–H groups in total. The van der Waals surface area contributed by atoms with Gasteiger partial charge in [0, 0.05) is 24.7 Å². The van der Waals surface area contributed by atoms with Crippen molar-refractivity contribution in [3.05, 3.63) is 0 Å². The molecule has 1 aliphatic carbocycles. The van der Waals surface area contributed by atoms with Crippen molar-refractivity contribution in [2.45, 2.75) is 84.2 Å². The average Bonchev–Trinajstić information content (AvgIpc) is 2.27. The molecule has 1 saturated carbocycles. The normalized spacial score (nSPS) is 21.3. The first-order valence-corrected chi connectivity index (χ1v) is 7.98. The molecule has 0 saturated heterocycles. The second kappa shape index (κ2) is 7.49. The molecule has 0 bridgehead atoms. The molecule has 0 heterocycles. The van der Waals surface area contributed by atoms with Crippen LogP contribution in [0.25, 0.3) is 0 Å². The summed E-state index contributed by atoms with van der Waals surface area (Å²) in [5, 5.41) is 0. The van der Waals surface area contributed by atoms with E-state index < -0.39 is 0 Å². The molecule has 0 unspecified atom stereocenters. The van der Waals surface area contributed by atoms with Crippen LogP contribution in [0.4, 0.5) is 0 Å². The molecular weight excluding hydrogens is 220 g/mol. The Morgan fingerprint density at radius 2 is 1.44 bits per heavy atom. The van der Waals surface area contributed by atoms with Gasteiger partial charge in [-0.2, -0.15) is 0 Å². The summed E-state index contributed by atoms with van der Waals surface area (Å²) >= 11 is 0. The van der Waals surface area contributed by atoms with Gasteiger partial charge in [-0.15, -0.1) is 0 Å². The molecule has 0 aliphatic heterocycles. The van der Waals surface area contributed by atoms with Gasteiger partial charge in [-0.1, -0.05) is 46.0 Å². The van der Waals surface area contributed by atoms with E-state index in [1.807, 2.05) is 0 Å². The highest BCUT2D eigenvalue weighted by Gasteiger charge is 2.36. The summed E-state index contributed by atoms with van der Waals surface area (Å²) in [4.78, 5) is 2.71. The predicted molar refractivity (Wildman–Crippen MR) is 80.8 cm³/mol. The first-order chi connectivity index (χ1) is 8.52. The summed E-state index contributed by atoms with van der Waals surface area (Å²) in [6, 6.07) is 0.607. The van der Waals surface area contributed by atoms with Crippen LogP contribution < -0.4 is 5.73 Å². The van der Waals surface area contributed by atoms with Crippen LogP contribution in [0, 0.1) is 5.92 Å². The highest BCUT2D eigenvalue weighted by molar-refractivity contribution is 4.94. The van der Waals surface area contributed by atoms with Crippen LogP contribution in [0.3, 0.4) is 0 Å². The second-order valence-electron chi connectivity index (χ2n) is 6.84. The molecule has 0 aromatic rings. The lowest BCUT2D eigenvalue weighted by Gasteiger charge is -2.48. The lowest BCUT2D eigenvalue weighted by Crippen LogP contribution is -2.57. The van der Waals surface area contributed by atoms with Gasteiger partial charge in [0.15, 0.2) is 0 Å².